The molecule has 1 aromatic heterocycles. The number of aromatic nitrogens is 1. The van der Waals surface area contributed by atoms with Crippen molar-refractivity contribution in [3.8, 4) is 11.6 Å². The molecule has 2 aliphatic heterocycles. The van der Waals surface area contributed by atoms with E-state index in [0.29, 0.717) is 11.3 Å². The maximum absolute atomic E-state index is 14.2. The first-order valence-electron chi connectivity index (χ1n) is 8.84. The average molecular weight is 459 g/mol. The minimum Gasteiger partial charge on any atom is -0.409 e. The van der Waals surface area contributed by atoms with Crippen molar-refractivity contribution in [2.75, 3.05) is 19.6 Å². The third kappa shape index (κ3) is 5.09. The number of likely N-dealkylation sites (tertiary alicyclic amines) is 1. The molecule has 1 unspecified atom stereocenters. The first-order chi connectivity index (χ1) is 13.8. The van der Waals surface area contributed by atoms with E-state index in [9.17, 15) is 35.2 Å². The highest BCUT2D eigenvalue weighted by molar-refractivity contribution is 7.90. The minimum atomic E-state index is -4.95. The zero-order chi connectivity index (χ0) is 22.3. The van der Waals surface area contributed by atoms with Gasteiger partial charge < -0.3 is 14.4 Å². The highest BCUT2D eigenvalue weighted by Gasteiger charge is 2.49. The fourth-order valence-corrected chi connectivity index (χ4v) is 5.16. The highest BCUT2D eigenvalue weighted by Crippen LogP contribution is 2.34. The number of sulfonamides is 1. The number of hydrogen-bond acceptors (Lipinski definition) is 6. The molecule has 0 aliphatic carbocycles. The van der Waals surface area contributed by atoms with Gasteiger partial charge in [-0.15, -0.1) is 13.2 Å². The van der Waals surface area contributed by atoms with Crippen LogP contribution in [0.2, 0.25) is 0 Å². The van der Waals surface area contributed by atoms with Crippen molar-refractivity contribution >= 4 is 16.1 Å². The van der Waals surface area contributed by atoms with Crippen LogP contribution in [0.25, 0.3) is 0 Å². The van der Waals surface area contributed by atoms with Crippen molar-refractivity contribution in [2.24, 2.45) is 0 Å². The monoisotopic (exact) mass is 459 g/mol. The van der Waals surface area contributed by atoms with E-state index in [-0.39, 0.29) is 18.8 Å². The Morgan fingerprint density at radius 2 is 2.00 bits per heavy atom. The SMILES string of the molecule is CC1CCN([C@H]2CN(C(=O)Oc3ccc(OC(F)(F)F)nc3)CC(F)(F)C2)S1(=O)=O. The summed E-state index contributed by atoms with van der Waals surface area (Å²) in [5, 5.41) is -0.697. The topological polar surface area (TPSA) is 89.0 Å². The normalized spacial score (nSPS) is 26.4. The fourth-order valence-electron chi connectivity index (χ4n) is 3.38. The number of halogens is 5. The van der Waals surface area contributed by atoms with Crippen LogP contribution in [0.3, 0.4) is 0 Å². The maximum atomic E-state index is 14.2. The smallest absolute Gasteiger partial charge is 0.409 e. The molecule has 30 heavy (non-hydrogen) atoms. The molecule has 3 heterocycles. The van der Waals surface area contributed by atoms with E-state index in [1.54, 1.807) is 0 Å². The first-order valence-corrected chi connectivity index (χ1v) is 10.3. The van der Waals surface area contributed by atoms with E-state index >= 15 is 0 Å². The van der Waals surface area contributed by atoms with Gasteiger partial charge >= 0.3 is 12.5 Å². The van der Waals surface area contributed by atoms with Gasteiger partial charge in [-0.3, -0.25) is 0 Å². The Morgan fingerprint density at radius 3 is 2.53 bits per heavy atom. The quantitative estimate of drug-likeness (QED) is 0.646. The minimum absolute atomic E-state index is 0.0811. The van der Waals surface area contributed by atoms with Gasteiger partial charge in [0, 0.05) is 31.6 Å². The summed E-state index contributed by atoms with van der Waals surface area (Å²) >= 11 is 0. The predicted molar refractivity (Wildman–Crippen MR) is 91.6 cm³/mol. The van der Waals surface area contributed by atoms with Gasteiger partial charge in [-0.05, 0) is 19.4 Å². The number of carbonyl (C=O) groups excluding carboxylic acids is 1. The number of carbonyl (C=O) groups is 1. The lowest BCUT2D eigenvalue weighted by molar-refractivity contribution is -0.276. The Morgan fingerprint density at radius 1 is 1.30 bits per heavy atom. The van der Waals surface area contributed by atoms with Gasteiger partial charge in [0.15, 0.2) is 5.75 Å². The molecule has 0 radical (unpaired) electrons. The molecule has 0 spiro atoms. The molecule has 3 rings (SSSR count). The van der Waals surface area contributed by atoms with Crippen molar-refractivity contribution in [2.45, 2.75) is 43.3 Å². The third-order valence-electron chi connectivity index (χ3n) is 4.78. The Hall–Kier alpha value is -2.22. The summed E-state index contributed by atoms with van der Waals surface area (Å²) in [7, 11) is -3.74. The summed E-state index contributed by atoms with van der Waals surface area (Å²) in [6.45, 7) is 0.288. The van der Waals surface area contributed by atoms with Crippen LogP contribution in [0.5, 0.6) is 11.6 Å². The van der Waals surface area contributed by atoms with E-state index < -0.39 is 58.5 Å². The lowest BCUT2D eigenvalue weighted by atomic mass is 10.0. The molecule has 2 aliphatic rings. The third-order valence-corrected chi connectivity index (χ3v) is 7.17. The van der Waals surface area contributed by atoms with E-state index in [0.717, 1.165) is 22.6 Å². The summed E-state index contributed by atoms with van der Waals surface area (Å²) in [6.07, 6.45) is -5.81. The number of nitrogens with zero attached hydrogens (tertiary/aromatic N) is 3. The number of ether oxygens (including phenoxy) is 2. The molecule has 0 N–H and O–H groups in total. The fraction of sp³-hybridized carbons (Fsp3) is 0.625. The summed E-state index contributed by atoms with van der Waals surface area (Å²) in [4.78, 5) is 16.3. The molecule has 2 atom stereocenters. The molecule has 0 saturated carbocycles. The maximum Gasteiger partial charge on any atom is 0.574 e. The largest absolute Gasteiger partial charge is 0.574 e. The number of pyridine rings is 1. The van der Waals surface area contributed by atoms with Crippen LogP contribution >= 0.6 is 0 Å². The van der Waals surface area contributed by atoms with Crippen LogP contribution in [-0.2, 0) is 10.0 Å². The Bertz CT molecular complexity index is 894. The van der Waals surface area contributed by atoms with E-state index in [4.69, 9.17) is 4.74 Å². The standard InChI is InChI=1S/C16H18F5N3O5S/c1-10-4-5-24(30(10,26)27)11-6-15(17,18)9-23(8-11)14(25)28-12-2-3-13(22-7-12)29-16(19,20)21/h2-3,7,10-11H,4-6,8-9H2,1H3/t10?,11-/m1/s1. The lowest BCUT2D eigenvalue weighted by Crippen LogP contribution is -2.57. The number of amides is 1. The van der Waals surface area contributed by atoms with Crippen molar-refractivity contribution in [3.63, 3.8) is 0 Å². The van der Waals surface area contributed by atoms with Crippen LogP contribution in [-0.4, -0.2) is 71.9 Å². The number of piperidine rings is 1. The first kappa shape index (κ1) is 22.5. The van der Waals surface area contributed by atoms with Crippen molar-refractivity contribution in [1.82, 2.24) is 14.2 Å². The van der Waals surface area contributed by atoms with E-state index in [2.05, 4.69) is 9.72 Å². The summed E-state index contributed by atoms with van der Waals surface area (Å²) in [5.74, 6) is -4.42. The molecule has 8 nitrogen and oxygen atoms in total. The summed E-state index contributed by atoms with van der Waals surface area (Å²) in [6, 6.07) is 0.636. The van der Waals surface area contributed by atoms with Gasteiger partial charge in [0.2, 0.25) is 15.9 Å². The molecule has 168 valence electrons. The molecule has 2 fully saturated rings. The molecule has 2 saturated heterocycles. The van der Waals surface area contributed by atoms with Gasteiger partial charge in [0.1, 0.15) is 0 Å². The van der Waals surface area contributed by atoms with Crippen LogP contribution in [0.1, 0.15) is 19.8 Å². The second-order valence-corrected chi connectivity index (χ2v) is 9.40. The Balaban J connectivity index is 1.69. The Kier molecular flexibility index (Phi) is 5.84. The molecule has 0 bridgehead atoms. The number of rotatable bonds is 3. The van der Waals surface area contributed by atoms with Gasteiger partial charge in [0.25, 0.3) is 5.92 Å². The zero-order valence-electron chi connectivity index (χ0n) is 15.6. The van der Waals surface area contributed by atoms with Crippen LogP contribution in [0.4, 0.5) is 26.7 Å². The van der Waals surface area contributed by atoms with Gasteiger partial charge in [0.05, 0.1) is 18.0 Å². The van der Waals surface area contributed by atoms with Crippen molar-refractivity contribution in [1.29, 1.82) is 0 Å². The zero-order valence-corrected chi connectivity index (χ0v) is 16.4. The number of alkyl halides is 5. The van der Waals surface area contributed by atoms with E-state index in [1.807, 2.05) is 0 Å². The second kappa shape index (κ2) is 7.80. The van der Waals surface area contributed by atoms with E-state index in [1.165, 1.54) is 6.92 Å². The van der Waals surface area contributed by atoms with Crippen molar-refractivity contribution in [3.05, 3.63) is 18.3 Å². The van der Waals surface area contributed by atoms with Gasteiger partial charge in [-0.25, -0.2) is 27.0 Å². The highest BCUT2D eigenvalue weighted by atomic mass is 32.2. The molecular formula is C16H18F5N3O5S. The lowest BCUT2D eigenvalue weighted by Gasteiger charge is -2.40. The molecule has 1 aromatic rings. The van der Waals surface area contributed by atoms with Crippen LogP contribution in [0, 0.1) is 0 Å². The van der Waals surface area contributed by atoms with Crippen molar-refractivity contribution < 1.29 is 44.6 Å². The summed E-state index contributed by atoms with van der Waals surface area (Å²) < 4.78 is 99.0. The second-order valence-electron chi connectivity index (χ2n) is 7.10. The average Bonchev–Trinajstić information content (AvgIpc) is 2.87. The van der Waals surface area contributed by atoms with Crippen LogP contribution in [0.15, 0.2) is 18.3 Å². The Labute approximate surface area is 168 Å². The molecule has 14 heteroatoms. The molecule has 0 aromatic carbocycles. The predicted octanol–water partition coefficient (Wildman–Crippen LogP) is 2.61. The van der Waals surface area contributed by atoms with Gasteiger partial charge in [-0.1, -0.05) is 0 Å². The van der Waals surface area contributed by atoms with Crippen LogP contribution < -0.4 is 9.47 Å². The summed E-state index contributed by atoms with van der Waals surface area (Å²) in [5.41, 5.74) is 0. The number of hydrogen-bond donors (Lipinski definition) is 0. The molecular weight excluding hydrogens is 441 g/mol. The van der Waals surface area contributed by atoms with Gasteiger partial charge in [-0.2, -0.15) is 4.31 Å². The molecule has 1 amide bonds.